The van der Waals surface area contributed by atoms with Gasteiger partial charge in [-0.1, -0.05) is 158 Å². The van der Waals surface area contributed by atoms with E-state index in [9.17, 15) is 0 Å². The Balaban J connectivity index is 0.971. The molecule has 2 heterocycles. The molecule has 7 aromatic rings. The Kier molecular flexibility index (Phi) is 9.52. The fourth-order valence-corrected chi connectivity index (χ4v) is 14.4. The zero-order valence-corrected chi connectivity index (χ0v) is 38.1. The van der Waals surface area contributed by atoms with Crippen LogP contribution in [-0.4, -0.2) is 6.04 Å². The standard InChI is InChI=1S/C62H55NOS/c1-40-15-12-16-43(39-40)41-29-33-46(34-30-41)63(47-35-31-42(32-36-47)48-23-13-24-50-49-21-9-11-28-57(49)64-59(48)50)56-27-14-25-51-52-37-38-55-58(61(52)65-60(51)56)53-22-8-10-26-54(53)62(55,44-17-4-2-5-18-44)45-19-6-3-7-20-45/h2-4,6,8-9,11-14,16-17,21-25,27-33,35-38,40,43,45-46H,5,7,10,15,18-20,26,34,39H2,1H3. The Bertz CT molecular complexity index is 3320. The lowest BCUT2D eigenvalue weighted by Gasteiger charge is -2.45. The maximum absolute atomic E-state index is 6.52. The molecule has 0 amide bonds. The molecular formula is C62H55NOS. The molecule has 5 atom stereocenters. The van der Waals surface area contributed by atoms with E-state index in [-0.39, 0.29) is 11.5 Å². The van der Waals surface area contributed by atoms with Crippen molar-refractivity contribution in [3.63, 3.8) is 0 Å². The highest BCUT2D eigenvalue weighted by atomic mass is 32.1. The molecule has 2 aromatic heterocycles. The second kappa shape index (κ2) is 15.8. The number of benzene rings is 5. The lowest BCUT2D eigenvalue weighted by Crippen LogP contribution is -2.39. The topological polar surface area (TPSA) is 16.4 Å². The van der Waals surface area contributed by atoms with Crippen LogP contribution in [0, 0.1) is 17.8 Å². The fourth-order valence-electron chi connectivity index (χ4n) is 13.0. The summed E-state index contributed by atoms with van der Waals surface area (Å²) in [6.07, 6.45) is 41.0. The highest BCUT2D eigenvalue weighted by molar-refractivity contribution is 7.26. The summed E-state index contributed by atoms with van der Waals surface area (Å²) in [5.41, 5.74) is 16.0. The molecule has 2 nitrogen and oxygen atoms in total. The number of fused-ring (bicyclic) bond motifs is 9. The van der Waals surface area contributed by atoms with Gasteiger partial charge in [-0.15, -0.1) is 11.3 Å². The molecule has 320 valence electrons. The van der Waals surface area contributed by atoms with Gasteiger partial charge in [0.15, 0.2) is 0 Å². The van der Waals surface area contributed by atoms with Crippen LogP contribution in [-0.2, 0) is 5.41 Å². The average Bonchev–Trinajstić information content (AvgIpc) is 4.04. The van der Waals surface area contributed by atoms with Gasteiger partial charge in [-0.2, -0.15) is 0 Å². The zero-order valence-electron chi connectivity index (χ0n) is 37.3. The summed E-state index contributed by atoms with van der Waals surface area (Å²) >= 11 is 2.04. The molecule has 5 unspecified atom stereocenters. The van der Waals surface area contributed by atoms with Crippen molar-refractivity contribution in [3.05, 3.63) is 198 Å². The normalized spacial score (nSPS) is 24.9. The van der Waals surface area contributed by atoms with E-state index in [4.69, 9.17) is 4.42 Å². The summed E-state index contributed by atoms with van der Waals surface area (Å²) in [7, 11) is 0. The number of thiophene rings is 1. The molecule has 0 saturated heterocycles. The highest BCUT2D eigenvalue weighted by Crippen LogP contribution is 2.63. The number of allylic oxidation sites excluding steroid dienone is 14. The SMILES string of the molecule is CC1CC=CC(C2=CCC(N(c3ccc(-c4cccc5c4oc4ccccc45)cc3)c3cccc4c3sc3c5c(ccc34)C(C3=CC=CCC3)(C3CC=CCC3)C3=C5C=CCC3)C=C2)C1. The highest BCUT2D eigenvalue weighted by Gasteiger charge is 2.52. The number of hydrogen-bond acceptors (Lipinski definition) is 3. The second-order valence-electron chi connectivity index (χ2n) is 19.6. The quantitative estimate of drug-likeness (QED) is 0.148. The summed E-state index contributed by atoms with van der Waals surface area (Å²) in [5, 5.41) is 5.08. The molecule has 0 aliphatic heterocycles. The van der Waals surface area contributed by atoms with Crippen molar-refractivity contribution in [3.8, 4) is 11.1 Å². The number of furan rings is 1. The fraction of sp³-hybridized carbons (Fsp3) is 0.258. The van der Waals surface area contributed by atoms with Gasteiger partial charge in [0.1, 0.15) is 11.2 Å². The Morgan fingerprint density at radius 2 is 1.55 bits per heavy atom. The molecule has 0 fully saturated rings. The molecule has 5 aromatic carbocycles. The third-order valence-corrected chi connectivity index (χ3v) is 17.2. The Hall–Kier alpha value is -6.16. The van der Waals surface area contributed by atoms with Gasteiger partial charge in [0.05, 0.1) is 16.4 Å². The van der Waals surface area contributed by atoms with Crippen LogP contribution in [0.15, 0.2) is 191 Å². The van der Waals surface area contributed by atoms with Crippen LogP contribution in [0.25, 0.3) is 58.8 Å². The van der Waals surface area contributed by atoms with Gasteiger partial charge < -0.3 is 9.32 Å². The van der Waals surface area contributed by atoms with E-state index in [1.54, 1.807) is 16.7 Å². The van der Waals surface area contributed by atoms with Crippen LogP contribution in [0.2, 0.25) is 0 Å². The summed E-state index contributed by atoms with van der Waals surface area (Å²) < 4.78 is 9.35. The molecule has 6 aliphatic rings. The molecule has 0 saturated carbocycles. The second-order valence-corrected chi connectivity index (χ2v) is 20.6. The Morgan fingerprint density at radius 1 is 0.692 bits per heavy atom. The van der Waals surface area contributed by atoms with Gasteiger partial charge in [-0.05, 0) is 128 Å². The maximum atomic E-state index is 6.52. The minimum Gasteiger partial charge on any atom is -0.455 e. The van der Waals surface area contributed by atoms with Crippen molar-refractivity contribution >= 4 is 70.4 Å². The predicted octanol–water partition coefficient (Wildman–Crippen LogP) is 17.6. The van der Waals surface area contributed by atoms with Crippen LogP contribution < -0.4 is 4.90 Å². The zero-order chi connectivity index (χ0) is 43.1. The number of para-hydroxylation sites is 2. The molecule has 6 aliphatic carbocycles. The monoisotopic (exact) mass is 861 g/mol. The van der Waals surface area contributed by atoms with E-state index < -0.39 is 0 Å². The third-order valence-electron chi connectivity index (χ3n) is 15.9. The summed E-state index contributed by atoms with van der Waals surface area (Å²) in [4.78, 5) is 2.65. The molecule has 0 bridgehead atoms. The molecule has 3 heteroatoms. The number of hydrogen-bond donors (Lipinski definition) is 0. The van der Waals surface area contributed by atoms with Crippen molar-refractivity contribution in [2.45, 2.75) is 82.6 Å². The maximum Gasteiger partial charge on any atom is 0.143 e. The van der Waals surface area contributed by atoms with Crippen LogP contribution >= 0.6 is 11.3 Å². The number of anilines is 2. The Labute approximate surface area is 387 Å². The molecule has 13 rings (SSSR count). The number of nitrogens with zero attached hydrogens (tertiary/aromatic N) is 1. The van der Waals surface area contributed by atoms with Gasteiger partial charge in [0, 0.05) is 54.4 Å². The van der Waals surface area contributed by atoms with Crippen molar-refractivity contribution in [1.29, 1.82) is 0 Å². The van der Waals surface area contributed by atoms with Crippen LogP contribution in [0.5, 0.6) is 0 Å². The molecule has 65 heavy (non-hydrogen) atoms. The van der Waals surface area contributed by atoms with Crippen molar-refractivity contribution in [2.75, 3.05) is 4.90 Å². The van der Waals surface area contributed by atoms with Crippen LogP contribution in [0.3, 0.4) is 0 Å². The van der Waals surface area contributed by atoms with Crippen molar-refractivity contribution < 1.29 is 4.42 Å². The van der Waals surface area contributed by atoms with Gasteiger partial charge in [0.2, 0.25) is 0 Å². The lowest BCUT2D eigenvalue weighted by atomic mass is 9.58. The van der Waals surface area contributed by atoms with E-state index in [2.05, 4.69) is 182 Å². The summed E-state index contributed by atoms with van der Waals surface area (Å²) in [6.45, 7) is 2.40. The minimum absolute atomic E-state index is 0.0408. The molecule has 0 spiro atoms. The van der Waals surface area contributed by atoms with Gasteiger partial charge in [-0.3, -0.25) is 0 Å². The van der Waals surface area contributed by atoms with Gasteiger partial charge in [0.25, 0.3) is 0 Å². The van der Waals surface area contributed by atoms with Gasteiger partial charge >= 0.3 is 0 Å². The lowest BCUT2D eigenvalue weighted by molar-refractivity contribution is 0.323. The number of rotatable bonds is 7. The minimum atomic E-state index is -0.0408. The summed E-state index contributed by atoms with van der Waals surface area (Å²) in [6, 6.07) is 36.6. The molecule has 0 radical (unpaired) electrons. The van der Waals surface area contributed by atoms with E-state index in [1.165, 1.54) is 79.5 Å². The first-order valence-electron chi connectivity index (χ1n) is 24.4. The first kappa shape index (κ1) is 39.2. The predicted molar refractivity (Wildman–Crippen MR) is 277 cm³/mol. The van der Waals surface area contributed by atoms with E-state index >= 15 is 0 Å². The van der Waals surface area contributed by atoms with E-state index in [0.717, 1.165) is 71.9 Å². The average molecular weight is 862 g/mol. The van der Waals surface area contributed by atoms with Crippen LogP contribution in [0.4, 0.5) is 11.4 Å². The van der Waals surface area contributed by atoms with E-state index in [1.807, 2.05) is 11.3 Å². The molecular weight excluding hydrogens is 807 g/mol. The largest absolute Gasteiger partial charge is 0.455 e. The van der Waals surface area contributed by atoms with Crippen molar-refractivity contribution in [2.24, 2.45) is 17.8 Å². The smallest absolute Gasteiger partial charge is 0.143 e. The first-order chi connectivity index (χ1) is 32.1. The van der Waals surface area contributed by atoms with Crippen LogP contribution in [0.1, 0.15) is 82.3 Å². The van der Waals surface area contributed by atoms with E-state index in [0.29, 0.717) is 11.8 Å². The summed E-state index contributed by atoms with van der Waals surface area (Å²) in [5.74, 6) is 1.80. The molecule has 0 N–H and O–H groups in total. The van der Waals surface area contributed by atoms with Gasteiger partial charge in [-0.25, -0.2) is 0 Å². The third kappa shape index (κ3) is 6.18. The Morgan fingerprint density at radius 3 is 2.40 bits per heavy atom. The first-order valence-corrected chi connectivity index (χ1v) is 25.2. The van der Waals surface area contributed by atoms with Crippen molar-refractivity contribution in [1.82, 2.24) is 0 Å².